The molecule has 2 fully saturated rings. The van der Waals surface area contributed by atoms with Gasteiger partial charge in [0.25, 0.3) is 5.91 Å². The van der Waals surface area contributed by atoms with Gasteiger partial charge in [-0.3, -0.25) is 14.5 Å². The number of hydrogen-bond acceptors (Lipinski definition) is 5. The number of nitrogens with one attached hydrogen (secondary N) is 1. The van der Waals surface area contributed by atoms with Crippen molar-refractivity contribution in [2.75, 3.05) is 18.1 Å². The first-order valence-electron chi connectivity index (χ1n) is 6.01. The summed E-state index contributed by atoms with van der Waals surface area (Å²) in [7, 11) is 0. The van der Waals surface area contributed by atoms with Gasteiger partial charge in [-0.15, -0.1) is 11.3 Å². The Bertz CT molecular complexity index is 595. The average Bonchev–Trinajstić information content (AvgIpc) is 3.08. The van der Waals surface area contributed by atoms with E-state index in [9.17, 15) is 14.4 Å². The molecule has 2 saturated heterocycles. The molecule has 3 rings (SSSR count). The molecule has 0 aliphatic carbocycles. The number of Topliss-reactive ketones (excluding diaryl/α,β-unsaturated/α-hetero) is 1. The van der Waals surface area contributed by atoms with E-state index in [1.54, 1.807) is 23.2 Å². The van der Waals surface area contributed by atoms with E-state index in [-0.39, 0.29) is 18.2 Å². The molecule has 20 heavy (non-hydrogen) atoms. The number of carbonyl (C=O) groups excluding carboxylic acids is 3. The number of thiophene rings is 1. The Morgan fingerprint density at radius 2 is 2.30 bits per heavy atom. The number of amides is 3. The van der Waals surface area contributed by atoms with Crippen molar-refractivity contribution < 1.29 is 14.4 Å². The second-order valence-electron chi connectivity index (χ2n) is 4.73. The third-order valence-electron chi connectivity index (χ3n) is 3.44. The first kappa shape index (κ1) is 14.1. The number of hydrogen-bond donors (Lipinski definition) is 1. The number of halogens is 1. The molecule has 2 aliphatic rings. The Balaban J connectivity index is 1.78. The number of ketones is 1. The van der Waals surface area contributed by atoms with Crippen molar-refractivity contribution >= 4 is 56.8 Å². The van der Waals surface area contributed by atoms with Gasteiger partial charge in [0, 0.05) is 10.2 Å². The summed E-state index contributed by atoms with van der Waals surface area (Å²) in [6.45, 7) is -0.198. The molecule has 1 aromatic heterocycles. The lowest BCUT2D eigenvalue weighted by atomic mass is 9.99. The van der Waals surface area contributed by atoms with E-state index >= 15 is 0 Å². The molecule has 1 N–H and O–H groups in total. The van der Waals surface area contributed by atoms with Crippen LogP contribution in [0.25, 0.3) is 0 Å². The maximum atomic E-state index is 12.4. The van der Waals surface area contributed by atoms with E-state index in [1.165, 1.54) is 11.3 Å². The molecule has 3 heterocycles. The maximum Gasteiger partial charge on any atom is 0.325 e. The number of carbonyl (C=O) groups is 3. The maximum absolute atomic E-state index is 12.4. The third-order valence-corrected chi connectivity index (χ3v) is 6.51. The van der Waals surface area contributed by atoms with Crippen LogP contribution in [0.4, 0.5) is 4.79 Å². The van der Waals surface area contributed by atoms with Crippen LogP contribution in [-0.4, -0.2) is 46.2 Å². The fraction of sp³-hybridized carbons (Fsp3) is 0.417. The normalized spacial score (nSPS) is 25.6. The fourth-order valence-corrected chi connectivity index (χ4v) is 5.21. The van der Waals surface area contributed by atoms with Crippen LogP contribution in [-0.2, 0) is 4.79 Å². The third kappa shape index (κ3) is 2.19. The van der Waals surface area contributed by atoms with Crippen molar-refractivity contribution in [3.05, 3.63) is 20.8 Å². The summed E-state index contributed by atoms with van der Waals surface area (Å²) in [5.41, 5.74) is -0.783. The Labute approximate surface area is 132 Å². The van der Waals surface area contributed by atoms with Crippen molar-refractivity contribution in [1.29, 1.82) is 0 Å². The topological polar surface area (TPSA) is 66.5 Å². The van der Waals surface area contributed by atoms with E-state index in [1.807, 2.05) is 0 Å². The van der Waals surface area contributed by atoms with E-state index < -0.39 is 11.6 Å². The first-order valence-corrected chi connectivity index (χ1v) is 8.84. The number of rotatable bonds is 3. The van der Waals surface area contributed by atoms with E-state index in [0.717, 1.165) is 10.7 Å². The van der Waals surface area contributed by atoms with Crippen molar-refractivity contribution in [3.63, 3.8) is 0 Å². The highest BCUT2D eigenvalue weighted by atomic mass is 79.9. The first-order chi connectivity index (χ1) is 9.53. The number of thioether (sulfide) groups is 1. The van der Waals surface area contributed by atoms with Crippen LogP contribution in [0.15, 0.2) is 15.9 Å². The molecule has 0 aromatic carbocycles. The molecular weight excluding hydrogens is 364 g/mol. The molecule has 106 valence electrons. The Morgan fingerprint density at radius 1 is 1.50 bits per heavy atom. The lowest BCUT2D eigenvalue weighted by Crippen LogP contribution is -2.47. The molecule has 0 radical (unpaired) electrons. The summed E-state index contributed by atoms with van der Waals surface area (Å²) in [5, 5.41) is 4.54. The van der Waals surface area contributed by atoms with Gasteiger partial charge in [-0.25, -0.2) is 4.79 Å². The van der Waals surface area contributed by atoms with Gasteiger partial charge in [0.05, 0.1) is 11.4 Å². The summed E-state index contributed by atoms with van der Waals surface area (Å²) in [5.74, 6) is 0.946. The molecule has 1 spiro atoms. The van der Waals surface area contributed by atoms with E-state index in [0.29, 0.717) is 21.5 Å². The summed E-state index contributed by atoms with van der Waals surface area (Å²) in [4.78, 5) is 38.1. The number of urea groups is 1. The van der Waals surface area contributed by atoms with Crippen LogP contribution in [0.1, 0.15) is 16.1 Å². The SMILES string of the molecule is O=C(CN1C(=O)NC2(CCSC2)C1=O)c1sccc1Br. The van der Waals surface area contributed by atoms with Gasteiger partial charge >= 0.3 is 6.03 Å². The minimum Gasteiger partial charge on any atom is -0.322 e. The molecule has 2 aliphatic heterocycles. The summed E-state index contributed by atoms with van der Waals surface area (Å²) in [6, 6.07) is 1.32. The lowest BCUT2D eigenvalue weighted by molar-refractivity contribution is -0.130. The van der Waals surface area contributed by atoms with Gasteiger partial charge in [-0.2, -0.15) is 11.8 Å². The van der Waals surface area contributed by atoms with Gasteiger partial charge in [0.2, 0.25) is 0 Å². The van der Waals surface area contributed by atoms with Crippen LogP contribution in [0, 0.1) is 0 Å². The molecule has 0 bridgehead atoms. The van der Waals surface area contributed by atoms with Gasteiger partial charge in [0.1, 0.15) is 5.54 Å². The quantitative estimate of drug-likeness (QED) is 0.649. The largest absolute Gasteiger partial charge is 0.325 e. The van der Waals surface area contributed by atoms with E-state index in [2.05, 4.69) is 21.2 Å². The average molecular weight is 375 g/mol. The standard InChI is InChI=1S/C12H11BrN2O3S2/c13-7-1-3-20-9(7)8(16)5-15-10(17)12(14-11(15)18)2-4-19-6-12/h1,3H,2,4-6H2,(H,14,18). The lowest BCUT2D eigenvalue weighted by Gasteiger charge is -2.18. The molecule has 8 heteroatoms. The second kappa shape index (κ2) is 5.16. The Kier molecular flexibility index (Phi) is 3.64. The summed E-state index contributed by atoms with van der Waals surface area (Å²) >= 11 is 6.23. The zero-order valence-electron chi connectivity index (χ0n) is 10.3. The van der Waals surface area contributed by atoms with Crippen LogP contribution >= 0.6 is 39.0 Å². The van der Waals surface area contributed by atoms with Crippen molar-refractivity contribution in [2.24, 2.45) is 0 Å². The fourth-order valence-electron chi connectivity index (χ4n) is 2.36. The Morgan fingerprint density at radius 3 is 2.90 bits per heavy atom. The molecule has 1 unspecified atom stereocenters. The monoisotopic (exact) mass is 374 g/mol. The zero-order chi connectivity index (χ0) is 14.3. The highest BCUT2D eigenvalue weighted by Crippen LogP contribution is 2.33. The highest BCUT2D eigenvalue weighted by molar-refractivity contribution is 9.10. The predicted octanol–water partition coefficient (Wildman–Crippen LogP) is 2.12. The van der Waals surface area contributed by atoms with Crippen LogP contribution in [0.3, 0.4) is 0 Å². The van der Waals surface area contributed by atoms with Gasteiger partial charge < -0.3 is 5.32 Å². The van der Waals surface area contributed by atoms with Crippen molar-refractivity contribution in [2.45, 2.75) is 12.0 Å². The molecule has 0 saturated carbocycles. The van der Waals surface area contributed by atoms with Crippen LogP contribution in [0.2, 0.25) is 0 Å². The molecule has 1 atom stereocenters. The summed E-state index contributed by atoms with van der Waals surface area (Å²) in [6.07, 6.45) is 0.635. The number of nitrogens with zero attached hydrogens (tertiary/aromatic N) is 1. The molecule has 3 amide bonds. The van der Waals surface area contributed by atoms with Crippen molar-refractivity contribution in [1.82, 2.24) is 10.2 Å². The smallest absolute Gasteiger partial charge is 0.322 e. The molecular formula is C12H11BrN2O3S2. The zero-order valence-corrected chi connectivity index (χ0v) is 13.6. The predicted molar refractivity (Wildman–Crippen MR) is 81.3 cm³/mol. The minimum atomic E-state index is -0.783. The van der Waals surface area contributed by atoms with Gasteiger partial charge in [0.15, 0.2) is 5.78 Å². The number of imide groups is 1. The van der Waals surface area contributed by atoms with E-state index in [4.69, 9.17) is 0 Å². The second-order valence-corrected chi connectivity index (χ2v) is 7.60. The van der Waals surface area contributed by atoms with Gasteiger partial charge in [-0.1, -0.05) is 0 Å². The molecule has 5 nitrogen and oxygen atoms in total. The highest BCUT2D eigenvalue weighted by Gasteiger charge is 2.53. The molecule has 1 aromatic rings. The van der Waals surface area contributed by atoms with Gasteiger partial charge in [-0.05, 0) is 39.6 Å². The Hall–Kier alpha value is -0.860. The van der Waals surface area contributed by atoms with Crippen LogP contribution < -0.4 is 5.32 Å². The summed E-state index contributed by atoms with van der Waals surface area (Å²) < 4.78 is 0.700. The van der Waals surface area contributed by atoms with Crippen molar-refractivity contribution in [3.8, 4) is 0 Å². The minimum absolute atomic E-state index is 0.198. The van der Waals surface area contributed by atoms with Crippen LogP contribution in [0.5, 0.6) is 0 Å².